The Morgan fingerprint density at radius 2 is 2.24 bits per heavy atom. The highest BCUT2D eigenvalue weighted by Gasteiger charge is 2.14. The van der Waals surface area contributed by atoms with Gasteiger partial charge in [0.1, 0.15) is 11.3 Å². The van der Waals surface area contributed by atoms with Gasteiger partial charge in [0.15, 0.2) is 0 Å². The molecule has 0 aliphatic rings. The van der Waals surface area contributed by atoms with Crippen LogP contribution in [0.1, 0.15) is 38.0 Å². The molecule has 0 fully saturated rings. The molecule has 0 radical (unpaired) electrons. The molecular weight excluding hydrogens is 278 g/mol. The molecule has 0 bridgehead atoms. The Bertz CT molecular complexity index is 492. The van der Waals surface area contributed by atoms with Crippen LogP contribution in [-0.4, -0.2) is 7.05 Å². The van der Waals surface area contributed by atoms with Crippen molar-refractivity contribution in [2.75, 3.05) is 7.05 Å². The van der Waals surface area contributed by atoms with Gasteiger partial charge < -0.3 is 9.73 Å². The fraction of sp³-hybridized carbons (Fsp3) is 0.429. The quantitative estimate of drug-likeness (QED) is 0.869. The van der Waals surface area contributed by atoms with Crippen LogP contribution in [0.5, 0.6) is 0 Å². The molecule has 92 valence electrons. The van der Waals surface area contributed by atoms with Crippen LogP contribution >= 0.6 is 15.9 Å². The van der Waals surface area contributed by atoms with Gasteiger partial charge in [-0.2, -0.15) is 0 Å². The molecule has 0 aliphatic carbocycles. The smallest absolute Gasteiger partial charge is 0.148 e. The van der Waals surface area contributed by atoms with Crippen molar-refractivity contribution in [1.29, 1.82) is 0 Å². The summed E-state index contributed by atoms with van der Waals surface area (Å²) in [5, 5.41) is 4.48. The predicted molar refractivity (Wildman–Crippen MR) is 75.2 cm³/mol. The average Bonchev–Trinajstić information content (AvgIpc) is 2.75. The number of unbranched alkanes of at least 4 members (excludes halogenated alkanes) is 1. The van der Waals surface area contributed by atoms with Crippen LogP contribution in [0.25, 0.3) is 11.0 Å². The first-order chi connectivity index (χ1) is 8.26. The fourth-order valence-electron chi connectivity index (χ4n) is 2.06. The van der Waals surface area contributed by atoms with E-state index in [0.29, 0.717) is 6.04 Å². The van der Waals surface area contributed by atoms with Crippen molar-refractivity contribution in [2.24, 2.45) is 0 Å². The number of halogens is 1. The van der Waals surface area contributed by atoms with Crippen molar-refractivity contribution in [3.8, 4) is 0 Å². The molecule has 0 saturated carbocycles. The highest BCUT2D eigenvalue weighted by atomic mass is 79.9. The molecule has 0 aliphatic heterocycles. The molecule has 1 unspecified atom stereocenters. The molecule has 3 heteroatoms. The van der Waals surface area contributed by atoms with Crippen LogP contribution in [0, 0.1) is 0 Å². The third-order valence-corrected chi connectivity index (χ3v) is 3.68. The van der Waals surface area contributed by atoms with E-state index in [0.717, 1.165) is 27.6 Å². The van der Waals surface area contributed by atoms with Crippen molar-refractivity contribution in [3.05, 3.63) is 34.5 Å². The Morgan fingerprint density at radius 1 is 1.41 bits per heavy atom. The van der Waals surface area contributed by atoms with Gasteiger partial charge in [-0.25, -0.2) is 0 Å². The molecule has 2 rings (SSSR count). The Labute approximate surface area is 111 Å². The number of furan rings is 1. The molecule has 0 amide bonds. The van der Waals surface area contributed by atoms with E-state index in [1.165, 1.54) is 12.8 Å². The molecule has 1 aromatic heterocycles. The molecule has 1 atom stereocenters. The minimum atomic E-state index is 0.314. The summed E-state index contributed by atoms with van der Waals surface area (Å²) in [4.78, 5) is 0. The van der Waals surface area contributed by atoms with Gasteiger partial charge in [0.2, 0.25) is 0 Å². The van der Waals surface area contributed by atoms with Crippen LogP contribution in [0.2, 0.25) is 0 Å². The number of hydrogen-bond acceptors (Lipinski definition) is 2. The SMILES string of the molecule is CCCCC(NC)c1cc2cccc(Br)c2o1. The van der Waals surface area contributed by atoms with E-state index in [1.54, 1.807) is 0 Å². The van der Waals surface area contributed by atoms with E-state index in [-0.39, 0.29) is 0 Å². The minimum absolute atomic E-state index is 0.314. The Morgan fingerprint density at radius 3 is 2.88 bits per heavy atom. The van der Waals surface area contributed by atoms with E-state index >= 15 is 0 Å². The van der Waals surface area contributed by atoms with E-state index < -0.39 is 0 Å². The first-order valence-corrected chi connectivity index (χ1v) is 6.90. The summed E-state index contributed by atoms with van der Waals surface area (Å²) in [6.07, 6.45) is 3.54. The van der Waals surface area contributed by atoms with Crippen LogP contribution < -0.4 is 5.32 Å². The highest BCUT2D eigenvalue weighted by molar-refractivity contribution is 9.10. The third-order valence-electron chi connectivity index (χ3n) is 3.05. The maximum atomic E-state index is 5.94. The lowest BCUT2D eigenvalue weighted by atomic mass is 10.1. The van der Waals surface area contributed by atoms with Gasteiger partial charge in [0.25, 0.3) is 0 Å². The lowest BCUT2D eigenvalue weighted by molar-refractivity contribution is 0.423. The second-order valence-electron chi connectivity index (χ2n) is 4.29. The van der Waals surface area contributed by atoms with Gasteiger partial charge in [-0.3, -0.25) is 0 Å². The zero-order valence-corrected chi connectivity index (χ0v) is 11.9. The number of para-hydroxylation sites is 1. The molecule has 0 saturated heterocycles. The van der Waals surface area contributed by atoms with Crippen LogP contribution in [0.3, 0.4) is 0 Å². The molecule has 2 nitrogen and oxygen atoms in total. The molecule has 2 aromatic rings. The summed E-state index contributed by atoms with van der Waals surface area (Å²) in [6, 6.07) is 8.58. The predicted octanol–water partition coefficient (Wildman–Crippen LogP) is 4.65. The van der Waals surface area contributed by atoms with Crippen LogP contribution in [0.15, 0.2) is 33.2 Å². The Balaban J connectivity index is 2.31. The van der Waals surface area contributed by atoms with Gasteiger partial charge in [0.05, 0.1) is 10.5 Å². The van der Waals surface area contributed by atoms with Crippen LogP contribution in [0.4, 0.5) is 0 Å². The Hall–Kier alpha value is -0.800. The molecule has 1 N–H and O–H groups in total. The second-order valence-corrected chi connectivity index (χ2v) is 5.14. The normalized spacial score (nSPS) is 13.1. The summed E-state index contributed by atoms with van der Waals surface area (Å²) in [5.41, 5.74) is 0.944. The molecule has 1 aromatic carbocycles. The van der Waals surface area contributed by atoms with Gasteiger partial charge in [-0.05, 0) is 41.5 Å². The van der Waals surface area contributed by atoms with Crippen molar-refractivity contribution in [2.45, 2.75) is 32.2 Å². The number of rotatable bonds is 5. The number of nitrogens with one attached hydrogen (secondary N) is 1. The number of benzene rings is 1. The zero-order chi connectivity index (χ0) is 12.3. The lowest BCUT2D eigenvalue weighted by Crippen LogP contribution is -2.15. The van der Waals surface area contributed by atoms with E-state index in [9.17, 15) is 0 Å². The fourth-order valence-corrected chi connectivity index (χ4v) is 2.52. The summed E-state index contributed by atoms with van der Waals surface area (Å²) in [6.45, 7) is 2.21. The van der Waals surface area contributed by atoms with Gasteiger partial charge in [-0.15, -0.1) is 0 Å². The first kappa shape index (κ1) is 12.7. The Kier molecular flexibility index (Phi) is 4.24. The maximum absolute atomic E-state index is 5.94. The summed E-state index contributed by atoms with van der Waals surface area (Å²) in [5.74, 6) is 1.03. The van der Waals surface area contributed by atoms with Crippen molar-refractivity contribution in [1.82, 2.24) is 5.32 Å². The topological polar surface area (TPSA) is 25.2 Å². The molecular formula is C14H18BrNO. The van der Waals surface area contributed by atoms with Crippen molar-refractivity contribution < 1.29 is 4.42 Å². The monoisotopic (exact) mass is 295 g/mol. The van der Waals surface area contributed by atoms with Crippen LogP contribution in [-0.2, 0) is 0 Å². The van der Waals surface area contributed by atoms with E-state index in [1.807, 2.05) is 19.2 Å². The van der Waals surface area contributed by atoms with E-state index in [4.69, 9.17) is 4.42 Å². The minimum Gasteiger partial charge on any atom is -0.458 e. The lowest BCUT2D eigenvalue weighted by Gasteiger charge is -2.12. The van der Waals surface area contributed by atoms with Gasteiger partial charge >= 0.3 is 0 Å². The van der Waals surface area contributed by atoms with Gasteiger partial charge in [0, 0.05) is 5.39 Å². The summed E-state index contributed by atoms with van der Waals surface area (Å²) >= 11 is 3.52. The standard InChI is InChI=1S/C14H18BrNO/c1-3-4-8-12(16-2)13-9-10-6-5-7-11(15)14(10)17-13/h5-7,9,12,16H,3-4,8H2,1-2H3. The highest BCUT2D eigenvalue weighted by Crippen LogP contribution is 2.31. The third kappa shape index (κ3) is 2.72. The summed E-state index contributed by atoms with van der Waals surface area (Å²) < 4.78 is 6.96. The zero-order valence-electron chi connectivity index (χ0n) is 10.3. The molecule has 1 heterocycles. The average molecular weight is 296 g/mol. The summed E-state index contributed by atoms with van der Waals surface area (Å²) in [7, 11) is 1.99. The largest absolute Gasteiger partial charge is 0.458 e. The van der Waals surface area contributed by atoms with Gasteiger partial charge in [-0.1, -0.05) is 31.9 Å². The van der Waals surface area contributed by atoms with Crippen molar-refractivity contribution >= 4 is 26.9 Å². The second kappa shape index (κ2) is 5.69. The molecule has 0 spiro atoms. The van der Waals surface area contributed by atoms with E-state index in [2.05, 4.69) is 40.3 Å². The maximum Gasteiger partial charge on any atom is 0.148 e. The number of hydrogen-bond donors (Lipinski definition) is 1. The first-order valence-electron chi connectivity index (χ1n) is 6.11. The number of fused-ring (bicyclic) bond motifs is 1. The van der Waals surface area contributed by atoms with Crippen molar-refractivity contribution in [3.63, 3.8) is 0 Å². The molecule has 17 heavy (non-hydrogen) atoms.